The molecule has 0 bridgehead atoms. The number of ether oxygens (including phenoxy) is 2. The molecule has 5 nitrogen and oxygen atoms in total. The summed E-state index contributed by atoms with van der Waals surface area (Å²) in [7, 11) is 1.76. The van der Waals surface area contributed by atoms with Crippen LogP contribution >= 0.6 is 0 Å². The Bertz CT molecular complexity index is 414. The fourth-order valence-electron chi connectivity index (χ4n) is 2.04. The zero-order valence-electron chi connectivity index (χ0n) is 10.2. The third kappa shape index (κ3) is 2.79. The minimum Gasteiger partial charge on any atom is -0.458 e. The van der Waals surface area contributed by atoms with Crippen molar-refractivity contribution in [1.82, 2.24) is 4.57 Å². The molecule has 0 radical (unpaired) electrons. The lowest BCUT2D eigenvalue weighted by Gasteiger charge is -2.11. The van der Waals surface area contributed by atoms with Crippen molar-refractivity contribution >= 4 is 11.7 Å². The van der Waals surface area contributed by atoms with Gasteiger partial charge in [0.2, 0.25) is 0 Å². The van der Waals surface area contributed by atoms with Gasteiger partial charge in [0.25, 0.3) is 0 Å². The van der Waals surface area contributed by atoms with Gasteiger partial charge in [-0.3, -0.25) is 0 Å². The van der Waals surface area contributed by atoms with Crippen LogP contribution < -0.4 is 5.73 Å². The molecule has 1 aromatic heterocycles. The van der Waals surface area contributed by atoms with Crippen LogP contribution in [0.15, 0.2) is 12.3 Å². The number of rotatable bonds is 3. The van der Waals surface area contributed by atoms with Crippen molar-refractivity contribution in [1.29, 1.82) is 0 Å². The molecule has 5 heteroatoms. The molecule has 2 heterocycles. The standard InChI is InChI=1S/C12H18N2O3/c1-8-3-4-10(17-8)7-16-12(15)11-5-9(13)6-14(11)2/h5-6,8,10H,3-4,7,13H2,1-2H3. The summed E-state index contributed by atoms with van der Waals surface area (Å²) in [6.07, 6.45) is 3.96. The average molecular weight is 238 g/mol. The molecular formula is C12H18N2O3. The van der Waals surface area contributed by atoms with E-state index < -0.39 is 0 Å². The molecule has 0 amide bonds. The number of anilines is 1. The van der Waals surface area contributed by atoms with Gasteiger partial charge >= 0.3 is 5.97 Å². The number of nitrogens with zero attached hydrogens (tertiary/aromatic N) is 1. The van der Waals surface area contributed by atoms with Crippen molar-refractivity contribution in [3.8, 4) is 0 Å². The molecule has 0 aromatic carbocycles. The Morgan fingerprint density at radius 2 is 2.41 bits per heavy atom. The molecule has 2 rings (SSSR count). The number of aryl methyl sites for hydroxylation is 1. The van der Waals surface area contributed by atoms with Gasteiger partial charge in [-0.05, 0) is 25.8 Å². The Hall–Kier alpha value is -1.49. The molecule has 17 heavy (non-hydrogen) atoms. The lowest BCUT2D eigenvalue weighted by atomic mass is 10.2. The molecule has 0 spiro atoms. The molecule has 1 aromatic rings. The zero-order chi connectivity index (χ0) is 12.4. The van der Waals surface area contributed by atoms with Crippen molar-refractivity contribution in [2.24, 2.45) is 7.05 Å². The highest BCUT2D eigenvalue weighted by molar-refractivity contribution is 5.89. The summed E-state index contributed by atoms with van der Waals surface area (Å²) in [6, 6.07) is 1.61. The van der Waals surface area contributed by atoms with Crippen molar-refractivity contribution in [3.05, 3.63) is 18.0 Å². The van der Waals surface area contributed by atoms with Crippen molar-refractivity contribution in [2.75, 3.05) is 12.3 Å². The first kappa shape index (κ1) is 12.0. The maximum Gasteiger partial charge on any atom is 0.355 e. The van der Waals surface area contributed by atoms with Crippen molar-refractivity contribution < 1.29 is 14.3 Å². The summed E-state index contributed by atoms with van der Waals surface area (Å²) in [5.41, 5.74) is 6.63. The second-order valence-corrected chi connectivity index (χ2v) is 4.51. The Balaban J connectivity index is 1.87. The second kappa shape index (κ2) is 4.79. The molecule has 94 valence electrons. The summed E-state index contributed by atoms with van der Waals surface area (Å²) in [4.78, 5) is 11.8. The zero-order valence-corrected chi connectivity index (χ0v) is 10.2. The minimum atomic E-state index is -0.354. The van der Waals surface area contributed by atoms with E-state index >= 15 is 0 Å². The topological polar surface area (TPSA) is 66.5 Å². The van der Waals surface area contributed by atoms with E-state index in [1.54, 1.807) is 23.9 Å². The molecule has 2 N–H and O–H groups in total. The number of hydrogen-bond acceptors (Lipinski definition) is 4. The quantitative estimate of drug-likeness (QED) is 0.807. The smallest absolute Gasteiger partial charge is 0.355 e. The van der Waals surface area contributed by atoms with Gasteiger partial charge in [0, 0.05) is 13.2 Å². The first-order valence-corrected chi connectivity index (χ1v) is 5.80. The molecule has 1 saturated heterocycles. The molecule has 0 aliphatic carbocycles. The summed E-state index contributed by atoms with van der Waals surface area (Å²) in [5.74, 6) is -0.354. The first-order chi connectivity index (χ1) is 8.06. The molecule has 1 aliphatic rings. The Kier molecular flexibility index (Phi) is 3.38. The van der Waals surface area contributed by atoms with E-state index in [1.807, 2.05) is 6.92 Å². The van der Waals surface area contributed by atoms with Crippen LogP contribution in [0.4, 0.5) is 5.69 Å². The predicted molar refractivity (Wildman–Crippen MR) is 63.7 cm³/mol. The maximum absolute atomic E-state index is 11.8. The Labute approximate surface area is 100 Å². The van der Waals surface area contributed by atoms with E-state index in [4.69, 9.17) is 15.2 Å². The van der Waals surface area contributed by atoms with Crippen LogP contribution in [0, 0.1) is 0 Å². The second-order valence-electron chi connectivity index (χ2n) is 4.51. The van der Waals surface area contributed by atoms with Gasteiger partial charge in [-0.15, -0.1) is 0 Å². The highest BCUT2D eigenvalue weighted by Crippen LogP contribution is 2.19. The van der Waals surface area contributed by atoms with Gasteiger partial charge in [0.05, 0.1) is 17.9 Å². The van der Waals surface area contributed by atoms with Gasteiger partial charge in [-0.25, -0.2) is 4.79 Å². The lowest BCUT2D eigenvalue weighted by molar-refractivity contribution is -0.00319. The molecule has 2 atom stereocenters. The van der Waals surface area contributed by atoms with Crippen LogP contribution in [0.1, 0.15) is 30.3 Å². The van der Waals surface area contributed by atoms with Gasteiger partial charge in [0.1, 0.15) is 12.3 Å². The van der Waals surface area contributed by atoms with E-state index in [9.17, 15) is 4.79 Å². The number of carbonyl (C=O) groups is 1. The number of nitrogen functional groups attached to an aromatic ring is 1. The third-order valence-electron chi connectivity index (χ3n) is 2.96. The normalized spacial score (nSPS) is 23.9. The van der Waals surface area contributed by atoms with Crippen LogP contribution in [0.25, 0.3) is 0 Å². The van der Waals surface area contributed by atoms with E-state index in [0.717, 1.165) is 12.8 Å². The fraction of sp³-hybridized carbons (Fsp3) is 0.583. The van der Waals surface area contributed by atoms with Gasteiger partial charge < -0.3 is 19.8 Å². The highest BCUT2D eigenvalue weighted by Gasteiger charge is 2.23. The number of hydrogen-bond donors (Lipinski definition) is 1. The molecule has 1 fully saturated rings. The highest BCUT2D eigenvalue weighted by atomic mass is 16.6. The third-order valence-corrected chi connectivity index (χ3v) is 2.96. The van der Waals surface area contributed by atoms with Crippen molar-refractivity contribution in [2.45, 2.75) is 32.0 Å². The molecule has 2 unspecified atom stereocenters. The number of carbonyl (C=O) groups excluding carboxylic acids is 1. The van der Waals surface area contributed by atoms with Gasteiger partial charge in [-0.2, -0.15) is 0 Å². The van der Waals surface area contributed by atoms with Crippen LogP contribution in [0.2, 0.25) is 0 Å². The fourth-order valence-corrected chi connectivity index (χ4v) is 2.04. The Morgan fingerprint density at radius 3 is 2.94 bits per heavy atom. The monoisotopic (exact) mass is 238 g/mol. The van der Waals surface area contributed by atoms with Crippen LogP contribution in [0.3, 0.4) is 0 Å². The maximum atomic E-state index is 11.8. The first-order valence-electron chi connectivity index (χ1n) is 5.80. The van der Waals surface area contributed by atoms with Gasteiger partial charge in [-0.1, -0.05) is 0 Å². The van der Waals surface area contributed by atoms with E-state index in [1.165, 1.54) is 0 Å². The van der Waals surface area contributed by atoms with Crippen LogP contribution in [-0.2, 0) is 16.5 Å². The van der Waals surface area contributed by atoms with Crippen molar-refractivity contribution in [3.63, 3.8) is 0 Å². The summed E-state index contributed by atoms with van der Waals surface area (Å²) < 4.78 is 12.5. The number of nitrogens with two attached hydrogens (primary N) is 1. The predicted octanol–water partition coefficient (Wildman–Crippen LogP) is 1.33. The molecular weight excluding hydrogens is 220 g/mol. The van der Waals surface area contributed by atoms with E-state index in [2.05, 4.69) is 0 Å². The number of aromatic nitrogens is 1. The Morgan fingerprint density at radius 1 is 1.65 bits per heavy atom. The van der Waals surface area contributed by atoms with Gasteiger partial charge in [0.15, 0.2) is 0 Å². The van der Waals surface area contributed by atoms with Crippen LogP contribution in [0.5, 0.6) is 0 Å². The molecule has 1 aliphatic heterocycles. The number of esters is 1. The summed E-state index contributed by atoms with van der Waals surface area (Å²) in [5, 5.41) is 0. The summed E-state index contributed by atoms with van der Waals surface area (Å²) in [6.45, 7) is 2.34. The SMILES string of the molecule is CC1CCC(COC(=O)c2cc(N)cn2C)O1. The molecule has 0 saturated carbocycles. The van der Waals surface area contributed by atoms with E-state index in [0.29, 0.717) is 18.0 Å². The summed E-state index contributed by atoms with van der Waals surface area (Å²) >= 11 is 0. The average Bonchev–Trinajstić information content (AvgIpc) is 2.81. The lowest BCUT2D eigenvalue weighted by Crippen LogP contribution is -2.20. The minimum absolute atomic E-state index is 0.0339. The van der Waals surface area contributed by atoms with E-state index in [-0.39, 0.29) is 18.2 Å². The largest absolute Gasteiger partial charge is 0.458 e. The van der Waals surface area contributed by atoms with Crippen LogP contribution in [-0.4, -0.2) is 29.4 Å².